The molecule has 0 unspecified atom stereocenters. The fraction of sp³-hybridized carbons (Fsp3) is 0.316. The molecule has 1 aliphatic rings. The minimum Gasteiger partial charge on any atom is -0.457 e. The van der Waals surface area contributed by atoms with E-state index in [-0.39, 0.29) is 0 Å². The monoisotopic (exact) mass is 295 g/mol. The van der Waals surface area contributed by atoms with Crippen LogP contribution in [0.1, 0.15) is 18.4 Å². The van der Waals surface area contributed by atoms with Crippen LogP contribution in [0.15, 0.2) is 54.6 Å². The maximum atomic E-state index is 5.94. The Hall–Kier alpha value is -1.84. The van der Waals surface area contributed by atoms with Gasteiger partial charge in [-0.25, -0.2) is 0 Å². The second-order valence-electron chi connectivity index (χ2n) is 5.83. The summed E-state index contributed by atoms with van der Waals surface area (Å²) in [5, 5.41) is 0. The topological polar surface area (TPSA) is 38.5 Å². The maximum absolute atomic E-state index is 5.94. The molecule has 2 N–H and O–H groups in total. The second-order valence-corrected chi connectivity index (χ2v) is 5.83. The molecule has 0 spiro atoms. The molecule has 0 atom stereocenters. The van der Waals surface area contributed by atoms with Gasteiger partial charge in [0.05, 0.1) is 0 Å². The predicted molar refractivity (Wildman–Crippen MR) is 90.0 cm³/mol. The van der Waals surface area contributed by atoms with Crippen LogP contribution in [-0.4, -0.2) is 30.6 Å². The highest BCUT2D eigenvalue weighted by Crippen LogP contribution is 2.22. The smallest absolute Gasteiger partial charge is 0.127 e. The summed E-state index contributed by atoms with van der Waals surface area (Å²) in [5.41, 5.74) is 7.14. The Bertz CT molecular complexity index is 577. The van der Waals surface area contributed by atoms with Gasteiger partial charge in [-0.15, -0.1) is 0 Å². The van der Waals surface area contributed by atoms with Crippen molar-refractivity contribution in [2.45, 2.75) is 18.9 Å². The van der Waals surface area contributed by atoms with E-state index in [1.165, 1.54) is 5.56 Å². The number of nitrogens with zero attached hydrogens (tertiary/aromatic N) is 1. The third-order valence-corrected chi connectivity index (χ3v) is 4.05. The number of benzene rings is 2. The average molecular weight is 295 g/mol. The van der Waals surface area contributed by atoms with E-state index in [2.05, 4.69) is 23.5 Å². The zero-order valence-corrected chi connectivity index (χ0v) is 12.8. The second kappa shape index (κ2) is 7.43. The lowest BCUT2D eigenvalue weighted by Crippen LogP contribution is -2.40. The van der Waals surface area contributed by atoms with Gasteiger partial charge in [-0.1, -0.05) is 30.3 Å². The van der Waals surface area contributed by atoms with Crippen LogP contribution in [0.3, 0.4) is 0 Å². The summed E-state index contributed by atoms with van der Waals surface area (Å²) in [6.07, 6.45) is 4.46. The van der Waals surface area contributed by atoms with Gasteiger partial charge in [0, 0.05) is 19.0 Å². The van der Waals surface area contributed by atoms with Crippen LogP contribution in [0.25, 0.3) is 0 Å². The van der Waals surface area contributed by atoms with Crippen molar-refractivity contribution in [3.05, 3.63) is 66.6 Å². The lowest BCUT2D eigenvalue weighted by Gasteiger charge is -2.29. The van der Waals surface area contributed by atoms with Gasteiger partial charge < -0.3 is 15.4 Å². The Morgan fingerprint density at radius 3 is 2.50 bits per heavy atom. The average Bonchev–Trinajstić information content (AvgIpc) is 2.56. The minimum atomic E-state index is 0.388. The third-order valence-electron chi connectivity index (χ3n) is 4.05. The van der Waals surface area contributed by atoms with Gasteiger partial charge in [0.1, 0.15) is 11.5 Å². The van der Waals surface area contributed by atoms with E-state index < -0.39 is 0 Å². The van der Waals surface area contributed by atoms with Crippen molar-refractivity contribution in [1.82, 2.24) is 4.90 Å². The molecular weight excluding hydrogens is 272 g/mol. The number of para-hydroxylation sites is 1. The van der Waals surface area contributed by atoms with Gasteiger partial charge >= 0.3 is 0 Å². The van der Waals surface area contributed by atoms with Crippen molar-refractivity contribution in [2.75, 3.05) is 19.6 Å². The first kappa shape index (κ1) is 15.1. The highest BCUT2D eigenvalue weighted by atomic mass is 16.5. The molecule has 1 radical (unpaired) electrons. The Labute approximate surface area is 132 Å². The Morgan fingerprint density at radius 2 is 1.73 bits per heavy atom. The highest BCUT2D eigenvalue weighted by molar-refractivity contribution is 5.36. The summed E-state index contributed by atoms with van der Waals surface area (Å²) in [4.78, 5) is 2.45. The molecule has 0 saturated carbocycles. The van der Waals surface area contributed by atoms with Crippen molar-refractivity contribution >= 4 is 0 Å². The number of piperidine rings is 1. The van der Waals surface area contributed by atoms with Gasteiger partial charge in [-0.05, 0) is 55.8 Å². The summed E-state index contributed by atoms with van der Waals surface area (Å²) >= 11 is 0. The normalized spacial score (nSPS) is 16.6. The quantitative estimate of drug-likeness (QED) is 0.918. The lowest BCUT2D eigenvalue weighted by atomic mass is 10.1. The van der Waals surface area contributed by atoms with Gasteiger partial charge in [0.15, 0.2) is 0 Å². The van der Waals surface area contributed by atoms with E-state index in [4.69, 9.17) is 10.5 Å². The largest absolute Gasteiger partial charge is 0.457 e. The Morgan fingerprint density at radius 1 is 1.00 bits per heavy atom. The molecule has 0 aromatic heterocycles. The fourth-order valence-corrected chi connectivity index (χ4v) is 2.70. The van der Waals surface area contributed by atoms with Crippen molar-refractivity contribution < 1.29 is 4.74 Å². The van der Waals surface area contributed by atoms with Gasteiger partial charge in [-0.3, -0.25) is 0 Å². The molecule has 0 aliphatic carbocycles. The van der Waals surface area contributed by atoms with Crippen LogP contribution in [0.5, 0.6) is 11.5 Å². The summed E-state index contributed by atoms with van der Waals surface area (Å²) in [6, 6.07) is 18.5. The van der Waals surface area contributed by atoms with Crippen LogP contribution >= 0.6 is 0 Å². The molecule has 0 bridgehead atoms. The maximum Gasteiger partial charge on any atom is 0.127 e. The molecule has 1 saturated heterocycles. The van der Waals surface area contributed by atoms with E-state index >= 15 is 0 Å². The fourth-order valence-electron chi connectivity index (χ4n) is 2.70. The Balaban J connectivity index is 1.55. The summed E-state index contributed by atoms with van der Waals surface area (Å²) in [7, 11) is 0. The molecule has 1 heterocycles. The summed E-state index contributed by atoms with van der Waals surface area (Å²) < 4.78 is 5.87. The highest BCUT2D eigenvalue weighted by Gasteiger charge is 2.15. The van der Waals surface area contributed by atoms with Crippen molar-refractivity contribution in [3.63, 3.8) is 0 Å². The molecule has 1 fully saturated rings. The van der Waals surface area contributed by atoms with E-state index in [1.54, 1.807) is 0 Å². The third kappa shape index (κ3) is 4.33. The molecule has 3 nitrogen and oxygen atoms in total. The zero-order chi connectivity index (χ0) is 15.2. The minimum absolute atomic E-state index is 0.388. The number of rotatable bonds is 5. The molecule has 0 amide bonds. The van der Waals surface area contributed by atoms with Gasteiger partial charge in [-0.2, -0.15) is 0 Å². The molecule has 2 aromatic carbocycles. The van der Waals surface area contributed by atoms with E-state index in [0.29, 0.717) is 6.04 Å². The van der Waals surface area contributed by atoms with Crippen molar-refractivity contribution in [1.29, 1.82) is 0 Å². The molecule has 1 aliphatic heterocycles. The van der Waals surface area contributed by atoms with E-state index in [0.717, 1.165) is 44.0 Å². The van der Waals surface area contributed by atoms with Crippen LogP contribution < -0.4 is 10.5 Å². The predicted octanol–water partition coefficient (Wildman–Crippen LogP) is 3.45. The van der Waals surface area contributed by atoms with Crippen molar-refractivity contribution in [3.8, 4) is 11.5 Å². The SMILES string of the molecule is NC1CCN(C[CH]c2cccc(Oc3ccccc3)c2)CC1. The van der Waals surface area contributed by atoms with Crippen LogP contribution in [0.2, 0.25) is 0 Å². The molecule has 3 heteroatoms. The van der Waals surface area contributed by atoms with Gasteiger partial charge in [0.2, 0.25) is 0 Å². The van der Waals surface area contributed by atoms with E-state index in [1.807, 2.05) is 42.5 Å². The van der Waals surface area contributed by atoms with Gasteiger partial charge in [0.25, 0.3) is 0 Å². The number of ether oxygens (including phenoxy) is 1. The van der Waals surface area contributed by atoms with Crippen LogP contribution in [0.4, 0.5) is 0 Å². The van der Waals surface area contributed by atoms with Crippen LogP contribution in [-0.2, 0) is 0 Å². The molecule has 2 aromatic rings. The van der Waals surface area contributed by atoms with E-state index in [9.17, 15) is 0 Å². The molecular formula is C19H23N2O. The van der Waals surface area contributed by atoms with Crippen molar-refractivity contribution in [2.24, 2.45) is 5.73 Å². The standard InChI is InChI=1S/C19H23N2O/c20-17-10-13-21(14-11-17)12-9-16-5-4-8-19(15-16)22-18-6-2-1-3-7-18/h1-9,15,17H,10-14,20H2. The molecule has 22 heavy (non-hydrogen) atoms. The number of hydrogen-bond acceptors (Lipinski definition) is 3. The zero-order valence-electron chi connectivity index (χ0n) is 12.8. The summed E-state index contributed by atoms with van der Waals surface area (Å²) in [5.74, 6) is 1.74. The summed E-state index contributed by atoms with van der Waals surface area (Å²) in [6.45, 7) is 3.16. The molecule has 3 rings (SSSR count). The number of nitrogens with two attached hydrogens (primary N) is 1. The number of hydrogen-bond donors (Lipinski definition) is 1. The Kier molecular flexibility index (Phi) is 5.09. The number of likely N-dealkylation sites (tertiary alicyclic amines) is 1. The first-order valence-electron chi connectivity index (χ1n) is 7.94. The first-order chi connectivity index (χ1) is 10.8. The molecule has 115 valence electrons. The lowest BCUT2D eigenvalue weighted by molar-refractivity contribution is 0.229. The van der Waals surface area contributed by atoms with Crippen LogP contribution in [0, 0.1) is 6.42 Å². The first-order valence-corrected chi connectivity index (χ1v) is 7.94.